The predicted octanol–water partition coefficient (Wildman–Crippen LogP) is 3.96. The Morgan fingerprint density at radius 1 is 1.06 bits per heavy atom. The molecule has 1 aliphatic heterocycles. The summed E-state index contributed by atoms with van der Waals surface area (Å²) in [4.78, 5) is 2.59. The SMILES string of the molecule is CBN1CCC2CCCCCC2c2ccccc21. The van der Waals surface area contributed by atoms with Gasteiger partial charge < -0.3 is 4.81 Å². The summed E-state index contributed by atoms with van der Waals surface area (Å²) >= 11 is 0. The molecule has 1 heterocycles. The smallest absolute Gasteiger partial charge is 0.232 e. The maximum Gasteiger partial charge on any atom is 0.232 e. The molecule has 0 bridgehead atoms. The summed E-state index contributed by atoms with van der Waals surface area (Å²) in [6.07, 6.45) is 8.60. The number of nitrogens with zero attached hydrogens (tertiary/aromatic N) is 1. The summed E-state index contributed by atoms with van der Waals surface area (Å²) < 4.78 is 0. The van der Waals surface area contributed by atoms with Crippen LogP contribution >= 0.6 is 0 Å². The zero-order valence-corrected chi connectivity index (χ0v) is 11.6. The molecule has 1 aromatic carbocycles. The lowest BCUT2D eigenvalue weighted by Crippen LogP contribution is -2.26. The minimum atomic E-state index is 0.834. The Bertz CT molecular complexity index is 404. The maximum absolute atomic E-state index is 2.59. The number of hydrogen-bond acceptors (Lipinski definition) is 1. The Kier molecular flexibility index (Phi) is 3.63. The molecule has 0 saturated heterocycles. The second-order valence-electron chi connectivity index (χ2n) is 5.93. The third kappa shape index (κ3) is 2.18. The number of benzene rings is 1. The van der Waals surface area contributed by atoms with Gasteiger partial charge in [0.15, 0.2) is 0 Å². The predicted molar refractivity (Wildman–Crippen MR) is 80.7 cm³/mol. The number of hydrogen-bond donors (Lipinski definition) is 0. The number of para-hydroxylation sites is 1. The molecule has 1 saturated carbocycles. The molecule has 0 radical (unpaired) electrons. The van der Waals surface area contributed by atoms with Crippen LogP contribution in [0.2, 0.25) is 6.82 Å². The summed E-state index contributed by atoms with van der Waals surface area (Å²) in [5.41, 5.74) is 3.16. The average Bonchev–Trinajstić information content (AvgIpc) is 2.72. The second kappa shape index (κ2) is 5.38. The molecule has 2 unspecified atom stereocenters. The van der Waals surface area contributed by atoms with Crippen molar-refractivity contribution in [3.63, 3.8) is 0 Å². The van der Waals surface area contributed by atoms with Crippen molar-refractivity contribution >= 4 is 13.1 Å². The summed E-state index contributed by atoms with van der Waals surface area (Å²) in [5, 5.41) is 0. The van der Waals surface area contributed by atoms with E-state index in [4.69, 9.17) is 0 Å². The highest BCUT2D eigenvalue weighted by Crippen LogP contribution is 2.44. The second-order valence-corrected chi connectivity index (χ2v) is 5.93. The van der Waals surface area contributed by atoms with Gasteiger partial charge in [0, 0.05) is 12.2 Å². The summed E-state index contributed by atoms with van der Waals surface area (Å²) in [6.45, 7) is 3.55. The van der Waals surface area contributed by atoms with Crippen LogP contribution in [0, 0.1) is 5.92 Å². The van der Waals surface area contributed by atoms with Crippen LogP contribution in [0.4, 0.5) is 5.69 Å². The van der Waals surface area contributed by atoms with E-state index in [-0.39, 0.29) is 0 Å². The highest BCUT2D eigenvalue weighted by atomic mass is 15.0. The maximum atomic E-state index is 2.59. The van der Waals surface area contributed by atoms with Gasteiger partial charge in [-0.1, -0.05) is 44.3 Å². The van der Waals surface area contributed by atoms with E-state index in [1.165, 1.54) is 50.8 Å². The van der Waals surface area contributed by atoms with Gasteiger partial charge in [0.25, 0.3) is 0 Å². The first kappa shape index (κ1) is 12.1. The van der Waals surface area contributed by atoms with Gasteiger partial charge in [-0.2, -0.15) is 0 Å². The summed E-state index contributed by atoms with van der Waals surface area (Å²) in [7, 11) is 1.15. The van der Waals surface area contributed by atoms with Gasteiger partial charge in [0.2, 0.25) is 7.41 Å². The van der Waals surface area contributed by atoms with Crippen LogP contribution < -0.4 is 4.81 Å². The molecule has 2 atom stereocenters. The first-order valence-corrected chi connectivity index (χ1v) is 7.74. The van der Waals surface area contributed by atoms with Crippen molar-refractivity contribution in [1.82, 2.24) is 0 Å². The third-order valence-corrected chi connectivity index (χ3v) is 4.99. The Morgan fingerprint density at radius 2 is 1.89 bits per heavy atom. The molecule has 18 heavy (non-hydrogen) atoms. The molecule has 1 nitrogen and oxygen atoms in total. The minimum absolute atomic E-state index is 0.834. The largest absolute Gasteiger partial charge is 0.418 e. The molecule has 0 aromatic heterocycles. The van der Waals surface area contributed by atoms with Gasteiger partial charge in [-0.3, -0.25) is 0 Å². The van der Waals surface area contributed by atoms with Crippen molar-refractivity contribution in [2.24, 2.45) is 5.92 Å². The van der Waals surface area contributed by atoms with E-state index >= 15 is 0 Å². The minimum Gasteiger partial charge on any atom is -0.418 e. The van der Waals surface area contributed by atoms with E-state index in [1.54, 1.807) is 5.56 Å². The highest BCUT2D eigenvalue weighted by molar-refractivity contribution is 6.39. The zero-order valence-electron chi connectivity index (χ0n) is 11.6. The molecular formula is C16H24BN. The Labute approximate surface area is 112 Å². The molecule has 2 heteroatoms. The molecule has 1 aromatic rings. The van der Waals surface area contributed by atoms with Gasteiger partial charge in [0.05, 0.1) is 0 Å². The van der Waals surface area contributed by atoms with Crippen LogP contribution in [0.1, 0.15) is 50.0 Å². The Morgan fingerprint density at radius 3 is 2.78 bits per heavy atom. The van der Waals surface area contributed by atoms with Crippen molar-refractivity contribution in [1.29, 1.82) is 0 Å². The monoisotopic (exact) mass is 241 g/mol. The van der Waals surface area contributed by atoms with Gasteiger partial charge in [-0.15, -0.1) is 0 Å². The standard InChI is InChI=1S/C16H24BN/c1-17-18-12-11-13-7-3-2-4-8-14(13)15-9-5-6-10-16(15)18/h5-6,9-10,13-14,17H,2-4,7-8,11-12H2,1H3. The Hall–Kier alpha value is -0.915. The fraction of sp³-hybridized carbons (Fsp3) is 0.625. The van der Waals surface area contributed by atoms with Gasteiger partial charge in [-0.25, -0.2) is 0 Å². The van der Waals surface area contributed by atoms with Crippen LogP contribution in [-0.4, -0.2) is 14.0 Å². The van der Waals surface area contributed by atoms with Crippen LogP contribution in [-0.2, 0) is 0 Å². The van der Waals surface area contributed by atoms with E-state index in [0.717, 1.165) is 19.3 Å². The average molecular weight is 241 g/mol. The molecule has 0 amide bonds. The molecule has 1 aliphatic carbocycles. The Balaban J connectivity index is 2.00. The molecule has 96 valence electrons. The third-order valence-electron chi connectivity index (χ3n) is 4.99. The molecule has 0 N–H and O–H groups in total. The number of rotatable bonds is 1. The molecule has 2 aliphatic rings. The topological polar surface area (TPSA) is 3.24 Å². The zero-order chi connectivity index (χ0) is 12.4. The van der Waals surface area contributed by atoms with Crippen molar-refractivity contribution in [2.45, 2.75) is 51.3 Å². The van der Waals surface area contributed by atoms with Crippen LogP contribution in [0.25, 0.3) is 0 Å². The summed E-state index contributed by atoms with van der Waals surface area (Å²) in [6, 6.07) is 9.18. The van der Waals surface area contributed by atoms with E-state index in [2.05, 4.69) is 35.9 Å². The van der Waals surface area contributed by atoms with Gasteiger partial charge in [0.1, 0.15) is 0 Å². The van der Waals surface area contributed by atoms with E-state index in [9.17, 15) is 0 Å². The highest BCUT2D eigenvalue weighted by Gasteiger charge is 2.30. The molecule has 3 rings (SSSR count). The fourth-order valence-electron chi connectivity index (χ4n) is 4.00. The van der Waals surface area contributed by atoms with E-state index < -0.39 is 0 Å². The quantitative estimate of drug-likeness (QED) is 0.672. The van der Waals surface area contributed by atoms with E-state index in [1.807, 2.05) is 0 Å². The molecular weight excluding hydrogens is 217 g/mol. The number of fused-ring (bicyclic) bond motifs is 3. The normalized spacial score (nSPS) is 27.7. The first-order valence-electron chi connectivity index (χ1n) is 7.74. The summed E-state index contributed by atoms with van der Waals surface area (Å²) in [5.74, 6) is 1.77. The molecule has 1 fully saturated rings. The van der Waals surface area contributed by atoms with Crippen molar-refractivity contribution in [3.8, 4) is 0 Å². The van der Waals surface area contributed by atoms with Crippen molar-refractivity contribution in [3.05, 3.63) is 29.8 Å². The van der Waals surface area contributed by atoms with Gasteiger partial charge in [-0.05, 0) is 42.7 Å². The number of anilines is 1. The molecule has 0 spiro atoms. The lowest BCUT2D eigenvalue weighted by molar-refractivity contribution is 0.387. The van der Waals surface area contributed by atoms with Crippen LogP contribution in [0.5, 0.6) is 0 Å². The van der Waals surface area contributed by atoms with Gasteiger partial charge >= 0.3 is 0 Å². The van der Waals surface area contributed by atoms with Crippen molar-refractivity contribution < 1.29 is 0 Å². The van der Waals surface area contributed by atoms with Crippen molar-refractivity contribution in [2.75, 3.05) is 11.4 Å². The first-order chi connectivity index (χ1) is 8.90. The van der Waals surface area contributed by atoms with Crippen LogP contribution in [0.3, 0.4) is 0 Å². The fourth-order valence-corrected chi connectivity index (χ4v) is 4.00. The lowest BCUT2D eigenvalue weighted by atomic mass is 9.81. The van der Waals surface area contributed by atoms with E-state index in [0.29, 0.717) is 0 Å². The lowest BCUT2D eigenvalue weighted by Gasteiger charge is -2.25. The van der Waals surface area contributed by atoms with Crippen LogP contribution in [0.15, 0.2) is 24.3 Å².